The number of carbonyl (C=O) groups excluding carboxylic acids is 1. The molecule has 2 N–H and O–H groups in total. The third-order valence-electron chi connectivity index (χ3n) is 4.28. The molecule has 1 saturated carbocycles. The number of nitrogens with one attached hydrogen (secondary N) is 1. The van der Waals surface area contributed by atoms with Gasteiger partial charge in [-0.1, -0.05) is 37.3 Å². The lowest BCUT2D eigenvalue weighted by Crippen LogP contribution is -2.43. The van der Waals surface area contributed by atoms with Gasteiger partial charge in [0.1, 0.15) is 0 Å². The molecule has 3 nitrogen and oxygen atoms in total. The molecule has 0 aliphatic heterocycles. The Hall–Kier alpha value is -1.35. The lowest BCUT2D eigenvalue weighted by atomic mass is 9.82. The molecule has 0 unspecified atom stereocenters. The van der Waals surface area contributed by atoms with Crippen LogP contribution in [0.15, 0.2) is 30.3 Å². The maximum Gasteiger partial charge on any atom is 0.223 e. The van der Waals surface area contributed by atoms with E-state index in [9.17, 15) is 9.90 Å². The van der Waals surface area contributed by atoms with Crippen molar-refractivity contribution in [1.29, 1.82) is 0 Å². The molecule has 1 fully saturated rings. The van der Waals surface area contributed by atoms with Crippen LogP contribution in [0.25, 0.3) is 0 Å². The predicted octanol–water partition coefficient (Wildman–Crippen LogP) is 2.53. The molecular formula is C17H25NO2. The molecule has 20 heavy (non-hydrogen) atoms. The summed E-state index contributed by atoms with van der Waals surface area (Å²) in [6.07, 6.45) is 4.93. The highest BCUT2D eigenvalue weighted by Crippen LogP contribution is 2.28. The lowest BCUT2D eigenvalue weighted by molar-refractivity contribution is -0.127. The van der Waals surface area contributed by atoms with Crippen LogP contribution in [0.1, 0.15) is 38.2 Å². The lowest BCUT2D eigenvalue weighted by Gasteiger charge is -2.27. The van der Waals surface area contributed by atoms with E-state index in [0.717, 1.165) is 37.2 Å². The molecule has 1 aliphatic carbocycles. The van der Waals surface area contributed by atoms with Crippen LogP contribution in [-0.4, -0.2) is 23.7 Å². The summed E-state index contributed by atoms with van der Waals surface area (Å²) < 4.78 is 0. The van der Waals surface area contributed by atoms with Crippen molar-refractivity contribution in [3.63, 3.8) is 0 Å². The molecule has 0 heterocycles. The average molecular weight is 275 g/mol. The first kappa shape index (κ1) is 15.0. The van der Waals surface area contributed by atoms with Gasteiger partial charge in [0.25, 0.3) is 0 Å². The van der Waals surface area contributed by atoms with Gasteiger partial charge in [0.15, 0.2) is 0 Å². The Kier molecular flexibility index (Phi) is 5.60. The molecule has 110 valence electrons. The smallest absolute Gasteiger partial charge is 0.223 e. The van der Waals surface area contributed by atoms with Gasteiger partial charge in [-0.2, -0.15) is 0 Å². The third kappa shape index (κ3) is 4.34. The van der Waals surface area contributed by atoms with Gasteiger partial charge >= 0.3 is 0 Å². The maximum atomic E-state index is 12.2. The second kappa shape index (κ2) is 7.44. The number of rotatable bonds is 5. The summed E-state index contributed by atoms with van der Waals surface area (Å²) in [6, 6.07) is 9.81. The molecule has 1 aromatic rings. The zero-order chi connectivity index (χ0) is 14.4. The quantitative estimate of drug-likeness (QED) is 0.867. The fraction of sp³-hybridized carbons (Fsp3) is 0.588. The molecule has 1 aromatic carbocycles. The first-order chi connectivity index (χ1) is 9.69. The Labute approximate surface area is 121 Å². The first-order valence-electron chi connectivity index (χ1n) is 7.64. The Balaban J connectivity index is 1.85. The number of aliphatic hydroxyl groups is 1. The van der Waals surface area contributed by atoms with E-state index in [1.54, 1.807) is 0 Å². The molecule has 2 rings (SSSR count). The number of benzene rings is 1. The molecule has 0 spiro atoms. The van der Waals surface area contributed by atoms with Crippen LogP contribution in [0, 0.1) is 11.8 Å². The van der Waals surface area contributed by atoms with Crippen LogP contribution in [0.3, 0.4) is 0 Å². The predicted molar refractivity (Wildman–Crippen MR) is 80.3 cm³/mol. The Morgan fingerprint density at radius 3 is 2.50 bits per heavy atom. The van der Waals surface area contributed by atoms with Crippen molar-refractivity contribution in [3.05, 3.63) is 35.9 Å². The van der Waals surface area contributed by atoms with E-state index >= 15 is 0 Å². The van der Waals surface area contributed by atoms with Crippen molar-refractivity contribution in [2.75, 3.05) is 6.61 Å². The zero-order valence-corrected chi connectivity index (χ0v) is 12.2. The average Bonchev–Trinajstić information content (AvgIpc) is 2.48. The van der Waals surface area contributed by atoms with E-state index in [1.165, 1.54) is 0 Å². The van der Waals surface area contributed by atoms with Crippen LogP contribution in [-0.2, 0) is 11.2 Å². The van der Waals surface area contributed by atoms with Gasteiger partial charge in [0.2, 0.25) is 5.91 Å². The van der Waals surface area contributed by atoms with E-state index in [0.29, 0.717) is 6.42 Å². The minimum Gasteiger partial charge on any atom is -0.394 e. The molecule has 1 amide bonds. The fourth-order valence-corrected chi connectivity index (χ4v) is 2.90. The van der Waals surface area contributed by atoms with Crippen LogP contribution in [0.2, 0.25) is 0 Å². The minimum absolute atomic E-state index is 0.0102. The molecular weight excluding hydrogens is 250 g/mol. The summed E-state index contributed by atoms with van der Waals surface area (Å²) in [5.41, 5.74) is 1.14. The standard InChI is InChI=1S/C17H25NO2/c1-13-7-9-15(10-8-13)17(20)18-16(12-19)11-14-5-3-2-4-6-14/h2-6,13,15-16,19H,7-12H2,1H3,(H,18,20)/t13?,15?,16-/m1/s1. The number of amides is 1. The van der Waals surface area contributed by atoms with E-state index < -0.39 is 0 Å². The van der Waals surface area contributed by atoms with Crippen molar-refractivity contribution in [2.24, 2.45) is 11.8 Å². The van der Waals surface area contributed by atoms with Crippen LogP contribution >= 0.6 is 0 Å². The van der Waals surface area contributed by atoms with Gasteiger partial charge in [-0.3, -0.25) is 4.79 Å². The van der Waals surface area contributed by atoms with Crippen molar-refractivity contribution >= 4 is 5.91 Å². The van der Waals surface area contributed by atoms with Gasteiger partial charge in [-0.25, -0.2) is 0 Å². The second-order valence-electron chi connectivity index (χ2n) is 6.03. The van der Waals surface area contributed by atoms with Crippen molar-refractivity contribution in [2.45, 2.75) is 45.1 Å². The van der Waals surface area contributed by atoms with Crippen molar-refractivity contribution in [3.8, 4) is 0 Å². The summed E-state index contributed by atoms with van der Waals surface area (Å²) in [7, 11) is 0. The zero-order valence-electron chi connectivity index (χ0n) is 12.2. The monoisotopic (exact) mass is 275 g/mol. The van der Waals surface area contributed by atoms with Crippen LogP contribution in [0.5, 0.6) is 0 Å². The van der Waals surface area contributed by atoms with E-state index in [-0.39, 0.29) is 24.5 Å². The SMILES string of the molecule is CC1CCC(C(=O)N[C@@H](CO)Cc2ccccc2)CC1. The van der Waals surface area contributed by atoms with Gasteiger partial charge in [0, 0.05) is 5.92 Å². The number of aliphatic hydroxyl groups excluding tert-OH is 1. The Bertz CT molecular complexity index is 410. The number of hydrogen-bond acceptors (Lipinski definition) is 2. The van der Waals surface area contributed by atoms with Gasteiger partial charge in [-0.05, 0) is 43.6 Å². The molecule has 1 aliphatic rings. The highest BCUT2D eigenvalue weighted by Gasteiger charge is 2.25. The molecule has 3 heteroatoms. The summed E-state index contributed by atoms with van der Waals surface area (Å²) in [5, 5.41) is 12.5. The molecule has 0 saturated heterocycles. The second-order valence-corrected chi connectivity index (χ2v) is 6.03. The highest BCUT2D eigenvalue weighted by atomic mass is 16.3. The topological polar surface area (TPSA) is 49.3 Å². The number of hydrogen-bond donors (Lipinski definition) is 2. The molecule has 1 atom stereocenters. The number of carbonyl (C=O) groups is 1. The first-order valence-corrected chi connectivity index (χ1v) is 7.64. The van der Waals surface area contributed by atoms with E-state index in [2.05, 4.69) is 12.2 Å². The van der Waals surface area contributed by atoms with Crippen LogP contribution < -0.4 is 5.32 Å². The molecule has 0 bridgehead atoms. The van der Waals surface area contributed by atoms with Gasteiger partial charge < -0.3 is 10.4 Å². The Morgan fingerprint density at radius 1 is 1.25 bits per heavy atom. The minimum atomic E-state index is -0.177. The van der Waals surface area contributed by atoms with E-state index in [4.69, 9.17) is 0 Å². The van der Waals surface area contributed by atoms with Crippen LogP contribution in [0.4, 0.5) is 0 Å². The fourth-order valence-electron chi connectivity index (χ4n) is 2.90. The third-order valence-corrected chi connectivity index (χ3v) is 4.28. The summed E-state index contributed by atoms with van der Waals surface area (Å²) in [6.45, 7) is 2.24. The van der Waals surface area contributed by atoms with Crippen molar-refractivity contribution < 1.29 is 9.90 Å². The van der Waals surface area contributed by atoms with Gasteiger partial charge in [0.05, 0.1) is 12.6 Å². The summed E-state index contributed by atoms with van der Waals surface area (Å²) >= 11 is 0. The highest BCUT2D eigenvalue weighted by molar-refractivity contribution is 5.79. The summed E-state index contributed by atoms with van der Waals surface area (Å²) in [5.74, 6) is 1.000. The molecule has 0 radical (unpaired) electrons. The molecule has 0 aromatic heterocycles. The largest absolute Gasteiger partial charge is 0.394 e. The summed E-state index contributed by atoms with van der Waals surface area (Å²) in [4.78, 5) is 12.2. The van der Waals surface area contributed by atoms with Crippen molar-refractivity contribution in [1.82, 2.24) is 5.32 Å². The van der Waals surface area contributed by atoms with E-state index in [1.807, 2.05) is 30.3 Å². The normalized spacial score (nSPS) is 24.1. The Morgan fingerprint density at radius 2 is 1.90 bits per heavy atom. The maximum absolute atomic E-state index is 12.2. The van der Waals surface area contributed by atoms with Gasteiger partial charge in [-0.15, -0.1) is 0 Å².